The van der Waals surface area contributed by atoms with Crippen LogP contribution in [0, 0.1) is 15.9 Å². The minimum Gasteiger partial charge on any atom is -0.490 e. The normalized spacial score (nSPS) is 11.6. The first kappa shape index (κ1) is 17.9. The summed E-state index contributed by atoms with van der Waals surface area (Å²) >= 11 is 3.21. The lowest BCUT2D eigenvalue weighted by Gasteiger charge is -2.12. The van der Waals surface area contributed by atoms with Crippen molar-refractivity contribution in [2.45, 2.75) is 11.2 Å². The number of anilines is 1. The molecule has 0 aliphatic heterocycles. The molecule has 0 aliphatic rings. The molecule has 0 saturated heterocycles. The van der Waals surface area contributed by atoms with E-state index in [9.17, 15) is 19.3 Å². The van der Waals surface area contributed by atoms with Crippen LogP contribution in [0.2, 0.25) is 0 Å². The molecule has 2 aromatic rings. The summed E-state index contributed by atoms with van der Waals surface area (Å²) in [6, 6.07) is 10.3. The molecule has 0 spiro atoms. The summed E-state index contributed by atoms with van der Waals surface area (Å²) in [7, 11) is 1.32. The van der Waals surface area contributed by atoms with Gasteiger partial charge in [-0.25, -0.2) is 4.39 Å². The number of carbonyl (C=O) groups excluding carboxylic acids is 1. The molecule has 2 aromatic carbocycles. The number of halogens is 2. The summed E-state index contributed by atoms with van der Waals surface area (Å²) < 4.78 is 18.5. The topological polar surface area (TPSA) is 81.5 Å². The van der Waals surface area contributed by atoms with Gasteiger partial charge in [-0.3, -0.25) is 14.9 Å². The van der Waals surface area contributed by atoms with Gasteiger partial charge < -0.3 is 10.1 Å². The van der Waals surface area contributed by atoms with E-state index in [0.29, 0.717) is 5.56 Å². The number of nitro groups is 1. The zero-order valence-electron chi connectivity index (χ0n) is 12.7. The molecular formula is C16H14BrFN2O4. The molecule has 1 N–H and O–H groups in total. The van der Waals surface area contributed by atoms with Gasteiger partial charge in [0, 0.05) is 11.8 Å². The van der Waals surface area contributed by atoms with Crippen molar-refractivity contribution in [3.63, 3.8) is 0 Å². The zero-order chi connectivity index (χ0) is 17.7. The van der Waals surface area contributed by atoms with Crippen LogP contribution in [0.3, 0.4) is 0 Å². The number of alkyl halides is 1. The Bertz CT molecular complexity index is 769. The van der Waals surface area contributed by atoms with Crippen molar-refractivity contribution < 1.29 is 18.8 Å². The molecule has 0 aromatic heterocycles. The number of nitro benzene ring substituents is 1. The van der Waals surface area contributed by atoms with Crippen molar-refractivity contribution in [3.05, 3.63) is 64.0 Å². The third kappa shape index (κ3) is 4.29. The molecule has 6 nitrogen and oxygen atoms in total. The van der Waals surface area contributed by atoms with Crippen LogP contribution in [0.25, 0.3) is 0 Å². The molecule has 1 amide bonds. The molecule has 0 saturated carbocycles. The zero-order valence-corrected chi connectivity index (χ0v) is 14.2. The number of benzene rings is 2. The highest BCUT2D eigenvalue weighted by atomic mass is 79.9. The van der Waals surface area contributed by atoms with Gasteiger partial charge in [0.25, 0.3) is 0 Å². The highest BCUT2D eigenvalue weighted by Crippen LogP contribution is 2.30. The number of amides is 1. The van der Waals surface area contributed by atoms with Crippen molar-refractivity contribution in [3.8, 4) is 5.75 Å². The smallest absolute Gasteiger partial charge is 0.312 e. The lowest BCUT2D eigenvalue weighted by atomic mass is 10.1. The summed E-state index contributed by atoms with van der Waals surface area (Å²) in [5.74, 6) is -0.729. The molecule has 2 rings (SSSR count). The minimum absolute atomic E-state index is 0.0970. The molecule has 1 unspecified atom stereocenters. The largest absolute Gasteiger partial charge is 0.490 e. The maximum absolute atomic E-state index is 13.6. The maximum atomic E-state index is 13.6. The third-order valence-corrected chi connectivity index (χ3v) is 4.02. The number of rotatable bonds is 6. The Labute approximate surface area is 145 Å². The van der Waals surface area contributed by atoms with Gasteiger partial charge in [-0.1, -0.05) is 34.1 Å². The number of carbonyl (C=O) groups is 1. The standard InChI is InChI=1S/C16H14BrFN2O4/c1-24-15-7-6-11(9-14(15)20(22)23)19-16(21)12(17)8-10-4-2-3-5-13(10)18/h2-7,9,12H,8H2,1H3,(H,19,21). The Kier molecular flexibility index (Phi) is 5.86. The fraction of sp³-hybridized carbons (Fsp3) is 0.188. The van der Waals surface area contributed by atoms with Crippen molar-refractivity contribution in [2.75, 3.05) is 12.4 Å². The van der Waals surface area contributed by atoms with Crippen LogP contribution < -0.4 is 10.1 Å². The molecule has 0 fully saturated rings. The fourth-order valence-corrected chi connectivity index (χ4v) is 2.54. The van der Waals surface area contributed by atoms with E-state index >= 15 is 0 Å². The van der Waals surface area contributed by atoms with E-state index in [1.165, 1.54) is 31.4 Å². The lowest BCUT2D eigenvalue weighted by Crippen LogP contribution is -2.25. The molecule has 1 atom stereocenters. The highest BCUT2D eigenvalue weighted by Gasteiger charge is 2.20. The number of nitrogens with one attached hydrogen (secondary N) is 1. The summed E-state index contributed by atoms with van der Waals surface area (Å²) in [5.41, 5.74) is 0.399. The molecule has 0 bridgehead atoms. The van der Waals surface area contributed by atoms with E-state index < -0.39 is 21.5 Å². The molecule has 0 heterocycles. The first-order valence-electron chi connectivity index (χ1n) is 6.93. The molecule has 0 radical (unpaired) electrons. The summed E-state index contributed by atoms with van der Waals surface area (Å²) in [5, 5.41) is 13.6. The van der Waals surface area contributed by atoms with Crippen LogP contribution in [-0.4, -0.2) is 22.8 Å². The van der Waals surface area contributed by atoms with E-state index in [-0.39, 0.29) is 23.5 Å². The third-order valence-electron chi connectivity index (χ3n) is 3.28. The molecule has 126 valence electrons. The van der Waals surface area contributed by atoms with Crippen LogP contribution in [0.1, 0.15) is 5.56 Å². The number of nitrogens with zero attached hydrogens (tertiary/aromatic N) is 1. The monoisotopic (exact) mass is 396 g/mol. The second kappa shape index (κ2) is 7.87. The van der Waals surface area contributed by atoms with Crippen molar-refractivity contribution in [1.82, 2.24) is 0 Å². The van der Waals surface area contributed by atoms with Gasteiger partial charge in [0.15, 0.2) is 5.75 Å². The van der Waals surface area contributed by atoms with Gasteiger partial charge in [0.05, 0.1) is 16.9 Å². The van der Waals surface area contributed by atoms with Crippen LogP contribution in [0.5, 0.6) is 5.75 Å². The average molecular weight is 397 g/mol. The first-order chi connectivity index (χ1) is 11.4. The second-order valence-corrected chi connectivity index (χ2v) is 6.00. The van der Waals surface area contributed by atoms with E-state index in [4.69, 9.17) is 4.74 Å². The van der Waals surface area contributed by atoms with E-state index in [1.807, 2.05) is 0 Å². The first-order valence-corrected chi connectivity index (χ1v) is 7.84. The Balaban J connectivity index is 2.10. The number of methoxy groups -OCH3 is 1. The van der Waals surface area contributed by atoms with Crippen LogP contribution >= 0.6 is 15.9 Å². The van der Waals surface area contributed by atoms with Gasteiger partial charge in [0.1, 0.15) is 5.82 Å². The van der Waals surface area contributed by atoms with Gasteiger partial charge in [-0.2, -0.15) is 0 Å². The predicted molar refractivity (Wildman–Crippen MR) is 91.1 cm³/mol. The van der Waals surface area contributed by atoms with Gasteiger partial charge in [0.2, 0.25) is 5.91 Å². The minimum atomic E-state index is -0.685. The Morgan fingerprint density at radius 2 is 2.08 bits per heavy atom. The summed E-state index contributed by atoms with van der Waals surface area (Å²) in [6.07, 6.45) is 0.150. The second-order valence-electron chi connectivity index (χ2n) is 4.90. The Hall–Kier alpha value is -2.48. The Morgan fingerprint density at radius 3 is 2.71 bits per heavy atom. The number of ether oxygens (including phenoxy) is 1. The SMILES string of the molecule is COc1ccc(NC(=O)C(Br)Cc2ccccc2F)cc1[N+](=O)[O-]. The van der Waals surface area contributed by atoms with Gasteiger partial charge in [-0.05, 0) is 30.2 Å². The molecule has 0 aliphatic carbocycles. The Morgan fingerprint density at radius 1 is 1.38 bits per heavy atom. The van der Waals surface area contributed by atoms with Gasteiger partial charge >= 0.3 is 5.69 Å². The quantitative estimate of drug-likeness (QED) is 0.458. The lowest BCUT2D eigenvalue weighted by molar-refractivity contribution is -0.385. The molecule has 24 heavy (non-hydrogen) atoms. The van der Waals surface area contributed by atoms with Gasteiger partial charge in [-0.15, -0.1) is 0 Å². The van der Waals surface area contributed by atoms with E-state index in [0.717, 1.165) is 0 Å². The number of hydrogen-bond acceptors (Lipinski definition) is 4. The van der Waals surface area contributed by atoms with Crippen molar-refractivity contribution >= 4 is 33.2 Å². The summed E-state index contributed by atoms with van der Waals surface area (Å²) in [4.78, 5) is 21.9. The summed E-state index contributed by atoms with van der Waals surface area (Å²) in [6.45, 7) is 0. The van der Waals surface area contributed by atoms with Crippen molar-refractivity contribution in [1.29, 1.82) is 0 Å². The average Bonchev–Trinajstić information content (AvgIpc) is 2.56. The van der Waals surface area contributed by atoms with Crippen LogP contribution in [0.15, 0.2) is 42.5 Å². The fourth-order valence-electron chi connectivity index (χ4n) is 2.08. The maximum Gasteiger partial charge on any atom is 0.312 e. The van der Waals surface area contributed by atoms with Crippen LogP contribution in [-0.2, 0) is 11.2 Å². The molecule has 8 heteroatoms. The highest BCUT2D eigenvalue weighted by molar-refractivity contribution is 9.10. The van der Waals surface area contributed by atoms with Crippen molar-refractivity contribution in [2.24, 2.45) is 0 Å². The number of hydrogen-bond donors (Lipinski definition) is 1. The van der Waals surface area contributed by atoms with E-state index in [2.05, 4.69) is 21.2 Å². The predicted octanol–water partition coefficient (Wildman–Crippen LogP) is 3.69. The van der Waals surface area contributed by atoms with E-state index in [1.54, 1.807) is 18.2 Å². The van der Waals surface area contributed by atoms with Crippen LogP contribution in [0.4, 0.5) is 15.8 Å². The molecular weight excluding hydrogens is 383 g/mol.